The molecule has 13 heteroatoms. The van der Waals surface area contributed by atoms with E-state index in [4.69, 9.17) is 14.5 Å². The summed E-state index contributed by atoms with van der Waals surface area (Å²) in [4.78, 5) is 50.0. The van der Waals surface area contributed by atoms with Gasteiger partial charge in [0.15, 0.2) is 41.7 Å². The molecule has 3 N–H and O–H groups in total. The molecule has 0 atom stereocenters. The Bertz CT molecular complexity index is 3140. The lowest BCUT2D eigenvalue weighted by atomic mass is 10.1. The van der Waals surface area contributed by atoms with Crippen molar-refractivity contribution in [3.8, 4) is 45.8 Å². The molecule has 0 fully saturated rings. The molecule has 59 heavy (non-hydrogen) atoms. The molecular weight excluding hydrogens is 751 g/mol. The normalized spacial score (nSPS) is 11.5. The van der Waals surface area contributed by atoms with Crippen molar-refractivity contribution >= 4 is 52.4 Å². The molecule has 0 aliphatic carbocycles. The molecule has 3 aromatic heterocycles. The topological polar surface area (TPSA) is 170 Å². The highest BCUT2D eigenvalue weighted by molar-refractivity contribution is 5.86. The standard InChI is InChI=1S/C46H33N5O8/c1-58-38-17-9-10-28(43(38)54)18-20-40-48-36-22-23-49(26-34(36)46(57)50(40)31-12-4-3-5-13-31)32-24-29(44(55)39(25-32)59-2)19-21-41-47-35-15-7-6-14-33(35)45(56)51(41)42-30(27-52)11-8-16-37(42)53/h3-27H,1-2H3,(H2,47,53,55,56)/p+1. The lowest BCUT2D eigenvalue weighted by Crippen LogP contribution is -2.32. The largest absolute Gasteiger partial charge is 0.506 e. The number of methoxy groups -OCH3 is 2. The van der Waals surface area contributed by atoms with Crippen LogP contribution in [0.4, 0.5) is 0 Å². The molecule has 0 aliphatic rings. The summed E-state index contributed by atoms with van der Waals surface area (Å²) in [6.45, 7) is 0. The van der Waals surface area contributed by atoms with Crippen LogP contribution in [0.3, 0.4) is 0 Å². The number of aromatic nitrogens is 5. The van der Waals surface area contributed by atoms with Gasteiger partial charge >= 0.3 is 0 Å². The lowest BCUT2D eigenvalue weighted by Gasteiger charge is -2.14. The summed E-state index contributed by atoms with van der Waals surface area (Å²) in [5.41, 5.74) is 1.72. The van der Waals surface area contributed by atoms with Gasteiger partial charge in [-0.1, -0.05) is 48.5 Å². The second-order valence-electron chi connectivity index (χ2n) is 13.2. The highest BCUT2D eigenvalue weighted by Crippen LogP contribution is 2.34. The molecule has 0 spiro atoms. The van der Waals surface area contributed by atoms with Crippen LogP contribution in [0.25, 0.3) is 63.2 Å². The molecule has 8 rings (SSSR count). The van der Waals surface area contributed by atoms with Gasteiger partial charge in [-0.25, -0.2) is 9.97 Å². The zero-order valence-electron chi connectivity index (χ0n) is 31.6. The van der Waals surface area contributed by atoms with Crippen molar-refractivity contribution in [2.75, 3.05) is 14.2 Å². The van der Waals surface area contributed by atoms with Crippen LogP contribution in [0, 0.1) is 0 Å². The third kappa shape index (κ3) is 6.93. The average molecular weight is 785 g/mol. The molecule has 0 aliphatic heterocycles. The van der Waals surface area contributed by atoms with Gasteiger partial charge in [0.05, 0.1) is 42.4 Å². The Morgan fingerprint density at radius 2 is 1.24 bits per heavy atom. The predicted octanol–water partition coefficient (Wildman–Crippen LogP) is 6.65. The average Bonchev–Trinajstić information content (AvgIpc) is 3.26. The van der Waals surface area contributed by atoms with E-state index < -0.39 is 5.56 Å². The van der Waals surface area contributed by atoms with E-state index >= 15 is 0 Å². The van der Waals surface area contributed by atoms with E-state index in [9.17, 15) is 29.7 Å². The summed E-state index contributed by atoms with van der Waals surface area (Å²) < 4.78 is 15.1. The molecule has 0 unspecified atom stereocenters. The Morgan fingerprint density at radius 1 is 0.610 bits per heavy atom. The predicted molar refractivity (Wildman–Crippen MR) is 224 cm³/mol. The zero-order valence-corrected chi connectivity index (χ0v) is 31.6. The molecule has 3 heterocycles. The van der Waals surface area contributed by atoms with E-state index in [1.54, 1.807) is 102 Å². The number of phenols is 3. The maximum atomic E-state index is 14.4. The second kappa shape index (κ2) is 15.7. The Kier molecular flexibility index (Phi) is 9.98. The number of ether oxygens (including phenoxy) is 2. The maximum absolute atomic E-state index is 14.4. The van der Waals surface area contributed by atoms with Crippen molar-refractivity contribution in [1.82, 2.24) is 19.1 Å². The fourth-order valence-corrected chi connectivity index (χ4v) is 6.83. The molecular formula is C46H34N5O8+. The van der Waals surface area contributed by atoms with E-state index in [1.807, 2.05) is 18.2 Å². The number of benzene rings is 5. The number of carbonyl (C=O) groups is 1. The van der Waals surface area contributed by atoms with Crippen molar-refractivity contribution < 1.29 is 34.2 Å². The van der Waals surface area contributed by atoms with Crippen LogP contribution in [-0.2, 0) is 0 Å². The van der Waals surface area contributed by atoms with Gasteiger partial charge in [-0.3, -0.25) is 23.5 Å². The van der Waals surface area contributed by atoms with Gasteiger partial charge in [0, 0.05) is 28.8 Å². The molecule has 290 valence electrons. The number of carbonyl (C=O) groups excluding carboxylic acids is 1. The number of fused-ring (bicyclic) bond motifs is 2. The number of aromatic hydroxyl groups is 3. The molecule has 5 aromatic carbocycles. The Labute approximate surface area is 335 Å². The number of phenolic OH excluding ortho intramolecular Hbond substituents is 3. The Hall–Kier alpha value is -8.32. The van der Waals surface area contributed by atoms with Crippen molar-refractivity contribution in [2.45, 2.75) is 0 Å². The number of para-hydroxylation sites is 4. The summed E-state index contributed by atoms with van der Waals surface area (Å²) in [7, 11) is 2.87. The number of hydrogen-bond acceptors (Lipinski definition) is 10. The van der Waals surface area contributed by atoms with Crippen molar-refractivity contribution in [3.63, 3.8) is 0 Å². The first-order chi connectivity index (χ1) is 28.7. The van der Waals surface area contributed by atoms with Crippen molar-refractivity contribution in [3.05, 3.63) is 171 Å². The SMILES string of the molecule is COc1cccc(/C=C/c2nc3cc[n+](-c4cc(/C=C/c5nc6ccccc6c(=O)n5-c5c(O)cccc5C=O)c(O)c(OC)c4)cc3c(=O)n2-c2ccccc2)c1O. The summed E-state index contributed by atoms with van der Waals surface area (Å²) in [6, 6.07) is 30.1. The van der Waals surface area contributed by atoms with Gasteiger partial charge in [-0.05, 0) is 66.8 Å². The fourth-order valence-electron chi connectivity index (χ4n) is 6.83. The lowest BCUT2D eigenvalue weighted by molar-refractivity contribution is -0.594. The van der Waals surface area contributed by atoms with Gasteiger partial charge in [-0.15, -0.1) is 0 Å². The Morgan fingerprint density at radius 3 is 1.98 bits per heavy atom. The van der Waals surface area contributed by atoms with E-state index in [0.717, 1.165) is 4.57 Å². The van der Waals surface area contributed by atoms with Gasteiger partial charge < -0.3 is 24.8 Å². The van der Waals surface area contributed by atoms with Gasteiger partial charge in [0.2, 0.25) is 5.69 Å². The van der Waals surface area contributed by atoms with Crippen LogP contribution in [-0.4, -0.2) is 54.9 Å². The van der Waals surface area contributed by atoms with Crippen molar-refractivity contribution in [2.24, 2.45) is 0 Å². The first-order valence-electron chi connectivity index (χ1n) is 18.2. The summed E-state index contributed by atoms with van der Waals surface area (Å²) in [5.74, 6) is 0.236. The van der Waals surface area contributed by atoms with Crippen LogP contribution in [0.2, 0.25) is 0 Å². The van der Waals surface area contributed by atoms with Crippen LogP contribution in [0.15, 0.2) is 131 Å². The molecule has 0 radical (unpaired) electrons. The molecule has 0 bridgehead atoms. The van der Waals surface area contributed by atoms with Crippen LogP contribution >= 0.6 is 0 Å². The fraction of sp³-hybridized carbons (Fsp3) is 0.0435. The molecule has 0 saturated carbocycles. The second-order valence-corrected chi connectivity index (χ2v) is 13.2. The number of aldehydes is 1. The van der Waals surface area contributed by atoms with Crippen LogP contribution in [0.5, 0.6) is 28.7 Å². The monoisotopic (exact) mass is 784 g/mol. The minimum atomic E-state index is -0.519. The maximum Gasteiger partial charge on any atom is 0.272 e. The van der Waals surface area contributed by atoms with E-state index in [-0.39, 0.29) is 62.0 Å². The van der Waals surface area contributed by atoms with E-state index in [1.165, 1.54) is 49.1 Å². The third-order valence-electron chi connectivity index (χ3n) is 9.73. The number of rotatable bonds is 10. The van der Waals surface area contributed by atoms with Crippen LogP contribution in [0.1, 0.15) is 33.1 Å². The van der Waals surface area contributed by atoms with Crippen LogP contribution < -0.4 is 25.2 Å². The number of nitrogens with zero attached hydrogens (tertiary/aromatic N) is 5. The quantitative estimate of drug-likeness (QED) is 0.101. The summed E-state index contributed by atoms with van der Waals surface area (Å²) in [6.07, 6.45) is 10.2. The number of hydrogen-bond donors (Lipinski definition) is 3. The Balaban J connectivity index is 1.26. The highest BCUT2D eigenvalue weighted by atomic mass is 16.5. The minimum Gasteiger partial charge on any atom is -0.506 e. The summed E-state index contributed by atoms with van der Waals surface area (Å²) >= 11 is 0. The molecule has 8 aromatic rings. The van der Waals surface area contributed by atoms with Gasteiger partial charge in [0.25, 0.3) is 11.1 Å². The first-order valence-corrected chi connectivity index (χ1v) is 18.2. The molecule has 0 saturated heterocycles. The zero-order chi connectivity index (χ0) is 41.2. The molecule has 0 amide bonds. The van der Waals surface area contributed by atoms with Gasteiger partial charge in [-0.2, -0.15) is 4.57 Å². The number of pyridine rings is 1. The van der Waals surface area contributed by atoms with E-state index in [2.05, 4.69) is 4.98 Å². The third-order valence-corrected chi connectivity index (χ3v) is 9.73. The smallest absolute Gasteiger partial charge is 0.272 e. The van der Waals surface area contributed by atoms with E-state index in [0.29, 0.717) is 45.8 Å². The highest BCUT2D eigenvalue weighted by Gasteiger charge is 2.21. The van der Waals surface area contributed by atoms with Gasteiger partial charge in [0.1, 0.15) is 28.5 Å². The minimum absolute atomic E-state index is 0.0421. The molecule has 13 nitrogen and oxygen atoms in total. The summed E-state index contributed by atoms with van der Waals surface area (Å²) in [5, 5.41) is 33.4. The van der Waals surface area contributed by atoms with Crippen molar-refractivity contribution in [1.29, 1.82) is 0 Å². The first kappa shape index (κ1) is 37.6.